The van der Waals surface area contributed by atoms with Crippen LogP contribution < -0.4 is 10.6 Å². The van der Waals surface area contributed by atoms with Gasteiger partial charge in [-0.1, -0.05) is 12.1 Å². The van der Waals surface area contributed by atoms with Gasteiger partial charge in [-0.2, -0.15) is 5.26 Å². The molecular weight excluding hydrogens is 254 g/mol. The first-order chi connectivity index (χ1) is 9.67. The van der Waals surface area contributed by atoms with Crippen LogP contribution in [0.2, 0.25) is 0 Å². The zero-order valence-electron chi connectivity index (χ0n) is 10.6. The lowest BCUT2D eigenvalue weighted by atomic mass is 10.1. The summed E-state index contributed by atoms with van der Waals surface area (Å²) in [4.78, 5) is 11.7. The van der Waals surface area contributed by atoms with Crippen molar-refractivity contribution < 1.29 is 9.90 Å². The van der Waals surface area contributed by atoms with Gasteiger partial charge in [-0.25, -0.2) is 4.79 Å². The van der Waals surface area contributed by atoms with Crippen LogP contribution in [-0.4, -0.2) is 11.1 Å². The SMILES string of the molecule is N#CCc1ccc(NC(=O)Nc2ccc(O)cc2)cc1. The zero-order valence-corrected chi connectivity index (χ0v) is 10.6. The van der Waals surface area contributed by atoms with E-state index < -0.39 is 0 Å². The molecule has 20 heavy (non-hydrogen) atoms. The van der Waals surface area contributed by atoms with Crippen LogP contribution >= 0.6 is 0 Å². The normalized spacial score (nSPS) is 9.55. The Bertz CT molecular complexity index is 628. The van der Waals surface area contributed by atoms with Crippen molar-refractivity contribution in [2.24, 2.45) is 0 Å². The summed E-state index contributed by atoms with van der Waals surface area (Å²) < 4.78 is 0. The third kappa shape index (κ3) is 3.75. The molecule has 0 radical (unpaired) electrons. The van der Waals surface area contributed by atoms with Crippen LogP contribution in [0.4, 0.5) is 16.2 Å². The minimum Gasteiger partial charge on any atom is -0.508 e. The number of hydrogen-bond acceptors (Lipinski definition) is 3. The molecule has 0 spiro atoms. The number of rotatable bonds is 3. The van der Waals surface area contributed by atoms with Crippen LogP contribution in [0, 0.1) is 11.3 Å². The number of nitriles is 1. The molecule has 2 aromatic rings. The Kier molecular flexibility index (Phi) is 4.20. The van der Waals surface area contributed by atoms with E-state index in [1.165, 1.54) is 12.1 Å². The number of phenols is 1. The van der Waals surface area contributed by atoms with E-state index in [0.29, 0.717) is 17.8 Å². The van der Waals surface area contributed by atoms with Gasteiger partial charge in [0.1, 0.15) is 5.75 Å². The number of carbonyl (C=O) groups excluding carboxylic acids is 1. The van der Waals surface area contributed by atoms with Crippen molar-refractivity contribution in [1.82, 2.24) is 0 Å². The summed E-state index contributed by atoms with van der Waals surface area (Å²) in [6, 6.07) is 14.9. The maximum Gasteiger partial charge on any atom is 0.323 e. The number of phenolic OH excluding ortho intramolecular Hbond substituents is 1. The summed E-state index contributed by atoms with van der Waals surface area (Å²) in [6.07, 6.45) is 0.347. The Morgan fingerprint density at radius 2 is 1.50 bits per heavy atom. The highest BCUT2D eigenvalue weighted by atomic mass is 16.3. The molecule has 0 aliphatic carbocycles. The minimum absolute atomic E-state index is 0.143. The zero-order chi connectivity index (χ0) is 14.4. The second kappa shape index (κ2) is 6.25. The average Bonchev–Trinajstić information content (AvgIpc) is 2.44. The number of urea groups is 1. The fourth-order valence-electron chi connectivity index (χ4n) is 1.64. The number of anilines is 2. The van der Waals surface area contributed by atoms with E-state index in [-0.39, 0.29) is 11.8 Å². The van der Waals surface area contributed by atoms with E-state index in [9.17, 15) is 4.79 Å². The molecule has 0 aliphatic heterocycles. The summed E-state index contributed by atoms with van der Waals surface area (Å²) in [5, 5.41) is 23.0. The quantitative estimate of drug-likeness (QED) is 0.747. The molecule has 0 aromatic heterocycles. The van der Waals surface area contributed by atoms with Crippen LogP contribution in [-0.2, 0) is 6.42 Å². The van der Waals surface area contributed by atoms with E-state index in [2.05, 4.69) is 16.7 Å². The minimum atomic E-state index is -0.372. The van der Waals surface area contributed by atoms with Gasteiger partial charge in [-0.3, -0.25) is 0 Å². The van der Waals surface area contributed by atoms with Gasteiger partial charge < -0.3 is 15.7 Å². The van der Waals surface area contributed by atoms with Gasteiger partial charge >= 0.3 is 6.03 Å². The Morgan fingerprint density at radius 1 is 1.00 bits per heavy atom. The molecule has 100 valence electrons. The topological polar surface area (TPSA) is 85.2 Å². The lowest BCUT2D eigenvalue weighted by Gasteiger charge is -2.08. The van der Waals surface area contributed by atoms with Gasteiger partial charge in [0.2, 0.25) is 0 Å². The predicted octanol–water partition coefficient (Wildman–Crippen LogP) is 3.10. The second-order valence-corrected chi connectivity index (χ2v) is 4.16. The summed E-state index contributed by atoms with van der Waals surface area (Å²) >= 11 is 0. The van der Waals surface area contributed by atoms with Crippen LogP contribution in [0.15, 0.2) is 48.5 Å². The van der Waals surface area contributed by atoms with Crippen LogP contribution in [0.5, 0.6) is 5.75 Å². The van der Waals surface area contributed by atoms with Crippen LogP contribution in [0.3, 0.4) is 0 Å². The number of hydrogen-bond donors (Lipinski definition) is 3. The van der Waals surface area contributed by atoms with E-state index in [0.717, 1.165) is 5.56 Å². The van der Waals surface area contributed by atoms with Crippen molar-refractivity contribution in [3.8, 4) is 11.8 Å². The van der Waals surface area contributed by atoms with Crippen molar-refractivity contribution in [3.05, 3.63) is 54.1 Å². The van der Waals surface area contributed by atoms with Crippen LogP contribution in [0.25, 0.3) is 0 Å². The molecule has 0 unspecified atom stereocenters. The monoisotopic (exact) mass is 267 g/mol. The van der Waals surface area contributed by atoms with E-state index in [1.807, 2.05) is 0 Å². The summed E-state index contributed by atoms with van der Waals surface area (Å²) in [5.41, 5.74) is 2.13. The summed E-state index contributed by atoms with van der Waals surface area (Å²) in [6.45, 7) is 0. The highest BCUT2D eigenvalue weighted by Crippen LogP contribution is 2.15. The van der Waals surface area contributed by atoms with Gasteiger partial charge in [-0.15, -0.1) is 0 Å². The largest absolute Gasteiger partial charge is 0.508 e. The number of amides is 2. The lowest BCUT2D eigenvalue weighted by Crippen LogP contribution is -2.19. The summed E-state index contributed by atoms with van der Waals surface area (Å²) in [7, 11) is 0. The van der Waals surface area contributed by atoms with Crippen molar-refractivity contribution in [2.75, 3.05) is 10.6 Å². The molecule has 5 heteroatoms. The molecule has 0 saturated heterocycles. The Hall–Kier alpha value is -3.00. The third-order valence-corrected chi connectivity index (χ3v) is 2.62. The van der Waals surface area contributed by atoms with Gasteiger partial charge in [0.15, 0.2) is 0 Å². The molecule has 0 atom stereocenters. The van der Waals surface area contributed by atoms with Gasteiger partial charge in [0.05, 0.1) is 12.5 Å². The summed E-state index contributed by atoms with van der Waals surface area (Å²) in [5.74, 6) is 0.143. The van der Waals surface area contributed by atoms with Gasteiger partial charge in [0, 0.05) is 11.4 Å². The number of nitrogens with zero attached hydrogens (tertiary/aromatic N) is 1. The van der Waals surface area contributed by atoms with Gasteiger partial charge in [-0.05, 0) is 42.0 Å². The molecule has 0 heterocycles. The van der Waals surface area contributed by atoms with Gasteiger partial charge in [0.25, 0.3) is 0 Å². The number of benzene rings is 2. The highest BCUT2D eigenvalue weighted by molar-refractivity contribution is 5.99. The number of aromatic hydroxyl groups is 1. The Morgan fingerprint density at radius 3 is 2.00 bits per heavy atom. The molecule has 0 fully saturated rings. The first-order valence-corrected chi connectivity index (χ1v) is 6.00. The fraction of sp³-hybridized carbons (Fsp3) is 0.0667. The number of carbonyl (C=O) groups is 1. The molecular formula is C15H13N3O2. The standard InChI is InChI=1S/C15H13N3O2/c16-10-9-11-1-3-12(4-2-11)17-15(20)18-13-5-7-14(19)8-6-13/h1-8,19H,9H2,(H2,17,18,20). The maximum atomic E-state index is 11.7. The molecule has 0 bridgehead atoms. The maximum absolute atomic E-state index is 11.7. The molecule has 3 N–H and O–H groups in total. The fourth-order valence-corrected chi connectivity index (χ4v) is 1.64. The molecule has 2 amide bonds. The Balaban J connectivity index is 1.94. The molecule has 5 nitrogen and oxygen atoms in total. The van der Waals surface area contributed by atoms with E-state index in [4.69, 9.17) is 10.4 Å². The van der Waals surface area contributed by atoms with E-state index >= 15 is 0 Å². The molecule has 0 aliphatic rings. The Labute approximate surface area is 116 Å². The average molecular weight is 267 g/mol. The highest BCUT2D eigenvalue weighted by Gasteiger charge is 2.02. The first-order valence-electron chi connectivity index (χ1n) is 6.00. The second-order valence-electron chi connectivity index (χ2n) is 4.16. The molecule has 0 saturated carbocycles. The van der Waals surface area contributed by atoms with E-state index in [1.54, 1.807) is 36.4 Å². The predicted molar refractivity (Wildman–Crippen MR) is 76.5 cm³/mol. The lowest BCUT2D eigenvalue weighted by molar-refractivity contribution is 0.262. The van der Waals surface area contributed by atoms with Crippen molar-refractivity contribution >= 4 is 17.4 Å². The smallest absolute Gasteiger partial charge is 0.323 e. The third-order valence-electron chi connectivity index (χ3n) is 2.62. The van der Waals surface area contributed by atoms with Crippen molar-refractivity contribution in [1.29, 1.82) is 5.26 Å². The first kappa shape index (κ1) is 13.4. The van der Waals surface area contributed by atoms with Crippen molar-refractivity contribution in [3.63, 3.8) is 0 Å². The van der Waals surface area contributed by atoms with Crippen molar-refractivity contribution in [2.45, 2.75) is 6.42 Å². The van der Waals surface area contributed by atoms with Crippen LogP contribution in [0.1, 0.15) is 5.56 Å². The molecule has 2 aromatic carbocycles. The number of nitrogens with one attached hydrogen (secondary N) is 2. The molecule has 2 rings (SSSR count).